The van der Waals surface area contributed by atoms with Crippen molar-refractivity contribution in [2.75, 3.05) is 25.9 Å². The second-order valence-corrected chi connectivity index (χ2v) is 9.22. The maximum absolute atomic E-state index is 13.2. The Morgan fingerprint density at radius 2 is 1.90 bits per heavy atom. The van der Waals surface area contributed by atoms with E-state index in [4.69, 9.17) is 4.74 Å². The van der Waals surface area contributed by atoms with Crippen molar-refractivity contribution in [1.82, 2.24) is 9.88 Å². The van der Waals surface area contributed by atoms with E-state index in [9.17, 15) is 8.42 Å². The Balaban J connectivity index is 1.76. The van der Waals surface area contributed by atoms with Gasteiger partial charge in [0.2, 0.25) is 0 Å². The minimum absolute atomic E-state index is 0.183. The van der Waals surface area contributed by atoms with Crippen LogP contribution in [0.2, 0.25) is 0 Å². The number of hydrogen-bond acceptors (Lipinski definition) is 5. The van der Waals surface area contributed by atoms with Crippen LogP contribution in [0.25, 0.3) is 10.9 Å². The van der Waals surface area contributed by atoms with Crippen molar-refractivity contribution in [3.63, 3.8) is 0 Å². The van der Waals surface area contributed by atoms with Crippen molar-refractivity contribution < 1.29 is 13.2 Å². The summed E-state index contributed by atoms with van der Waals surface area (Å²) in [4.78, 5) is 6.68. The minimum atomic E-state index is -3.79. The molecule has 0 saturated carbocycles. The third-order valence-corrected chi connectivity index (χ3v) is 7.03. The van der Waals surface area contributed by atoms with Gasteiger partial charge in [-0.25, -0.2) is 8.42 Å². The van der Waals surface area contributed by atoms with Gasteiger partial charge in [0.15, 0.2) is 0 Å². The molecule has 0 amide bonds. The van der Waals surface area contributed by atoms with Crippen molar-refractivity contribution in [2.24, 2.45) is 0 Å². The van der Waals surface area contributed by atoms with Crippen LogP contribution in [0.15, 0.2) is 53.6 Å². The summed E-state index contributed by atoms with van der Waals surface area (Å²) in [6.07, 6.45) is 4.20. The number of anilines is 1. The molecular weight excluding hydrogens is 386 g/mol. The molecule has 0 fully saturated rings. The normalized spacial score (nSPS) is 16.6. The highest BCUT2D eigenvalue weighted by atomic mass is 32.2. The lowest BCUT2D eigenvalue weighted by Gasteiger charge is -2.32. The summed E-state index contributed by atoms with van der Waals surface area (Å²) in [7, 11) is 2.01. The number of ether oxygens (including phenoxy) is 1. The number of fused-ring (bicyclic) bond motifs is 2. The van der Waals surface area contributed by atoms with Gasteiger partial charge in [-0.2, -0.15) is 0 Å². The summed E-state index contributed by atoms with van der Waals surface area (Å²) in [6.45, 7) is 0. The van der Waals surface area contributed by atoms with E-state index >= 15 is 0 Å². The number of pyridine rings is 1. The van der Waals surface area contributed by atoms with Crippen LogP contribution >= 0.6 is 0 Å². The van der Waals surface area contributed by atoms with E-state index in [0.717, 1.165) is 41.5 Å². The van der Waals surface area contributed by atoms with Crippen LogP contribution in [0, 0.1) is 0 Å². The van der Waals surface area contributed by atoms with Gasteiger partial charge in [0.05, 0.1) is 18.3 Å². The lowest BCUT2D eigenvalue weighted by atomic mass is 9.86. The van der Waals surface area contributed by atoms with E-state index in [0.29, 0.717) is 17.2 Å². The number of aromatic nitrogens is 1. The first-order valence-corrected chi connectivity index (χ1v) is 11.1. The predicted octanol–water partition coefficient (Wildman–Crippen LogP) is 3.46. The Morgan fingerprint density at radius 1 is 1.10 bits per heavy atom. The predicted molar refractivity (Wildman–Crippen MR) is 115 cm³/mol. The highest BCUT2D eigenvalue weighted by Crippen LogP contribution is 2.37. The molecule has 1 atom stereocenters. The second-order valence-electron chi connectivity index (χ2n) is 7.57. The highest BCUT2D eigenvalue weighted by molar-refractivity contribution is 7.93. The SMILES string of the molecule is COc1ccc(NS(=O)(=O)c2cccc3cccnc23)c2c1C[C@@H](N(C)C)CC2. The summed E-state index contributed by atoms with van der Waals surface area (Å²) in [5, 5.41) is 0.793. The molecule has 0 saturated heterocycles. The molecule has 0 spiro atoms. The number of nitrogens with one attached hydrogen (secondary N) is 1. The average Bonchev–Trinajstić information content (AvgIpc) is 2.73. The zero-order valence-corrected chi connectivity index (χ0v) is 17.7. The van der Waals surface area contributed by atoms with Crippen LogP contribution < -0.4 is 9.46 Å². The van der Waals surface area contributed by atoms with Crippen LogP contribution in [0.5, 0.6) is 5.75 Å². The molecule has 1 aromatic heterocycles. The van der Waals surface area contributed by atoms with Crippen LogP contribution in [0.3, 0.4) is 0 Å². The lowest BCUT2D eigenvalue weighted by Crippen LogP contribution is -2.34. The maximum Gasteiger partial charge on any atom is 0.264 e. The third kappa shape index (κ3) is 3.68. The molecular formula is C22H25N3O3S. The number of methoxy groups -OCH3 is 1. The van der Waals surface area contributed by atoms with Crippen LogP contribution in [0.4, 0.5) is 5.69 Å². The Morgan fingerprint density at radius 3 is 2.66 bits per heavy atom. The zero-order valence-electron chi connectivity index (χ0n) is 16.8. The fourth-order valence-electron chi connectivity index (χ4n) is 4.05. The van der Waals surface area contributed by atoms with Gasteiger partial charge in [-0.05, 0) is 63.2 Å². The molecule has 3 aromatic rings. The van der Waals surface area contributed by atoms with Gasteiger partial charge in [-0.1, -0.05) is 18.2 Å². The number of nitrogens with zero attached hydrogens (tertiary/aromatic N) is 2. The maximum atomic E-state index is 13.2. The highest BCUT2D eigenvalue weighted by Gasteiger charge is 2.27. The van der Waals surface area contributed by atoms with Crippen LogP contribution in [-0.2, 0) is 22.9 Å². The molecule has 29 heavy (non-hydrogen) atoms. The summed E-state index contributed by atoms with van der Waals surface area (Å²) < 4.78 is 34.9. The number of likely N-dealkylation sites (N-methyl/N-ethyl adjacent to an activating group) is 1. The fraction of sp³-hybridized carbons (Fsp3) is 0.318. The quantitative estimate of drug-likeness (QED) is 0.696. The van der Waals surface area contributed by atoms with Crippen LogP contribution in [-0.4, -0.2) is 45.5 Å². The first-order valence-electron chi connectivity index (χ1n) is 9.62. The molecule has 1 N–H and O–H groups in total. The summed E-state index contributed by atoms with van der Waals surface area (Å²) >= 11 is 0. The summed E-state index contributed by atoms with van der Waals surface area (Å²) in [5.74, 6) is 0.807. The van der Waals surface area contributed by atoms with Gasteiger partial charge >= 0.3 is 0 Å². The standard InChI is InChI=1S/C22H25N3O3S/c1-25(2)16-9-10-17-18(14-16)20(28-3)12-11-19(17)24-29(26,27)21-8-4-6-15-7-5-13-23-22(15)21/h4-8,11-13,16,24H,9-10,14H2,1-3H3/t16-/m0/s1. The molecule has 1 aliphatic carbocycles. The Bertz CT molecular complexity index is 1150. The largest absolute Gasteiger partial charge is 0.496 e. The van der Waals surface area contributed by atoms with E-state index in [2.05, 4.69) is 28.7 Å². The lowest BCUT2D eigenvalue weighted by molar-refractivity contribution is 0.265. The van der Waals surface area contributed by atoms with Gasteiger partial charge in [0.1, 0.15) is 10.6 Å². The zero-order chi connectivity index (χ0) is 20.6. The Hall–Kier alpha value is -2.64. The molecule has 7 heteroatoms. The first kappa shape index (κ1) is 19.7. The third-order valence-electron chi connectivity index (χ3n) is 5.64. The molecule has 1 aliphatic rings. The van der Waals surface area contributed by atoms with Crippen molar-refractivity contribution >= 4 is 26.6 Å². The van der Waals surface area contributed by atoms with Crippen molar-refractivity contribution in [3.8, 4) is 5.75 Å². The van der Waals surface area contributed by atoms with E-state index < -0.39 is 10.0 Å². The number of sulfonamides is 1. The number of rotatable bonds is 5. The number of hydrogen-bond donors (Lipinski definition) is 1. The van der Waals surface area contributed by atoms with Crippen LogP contribution in [0.1, 0.15) is 17.5 Å². The van der Waals surface area contributed by atoms with Crippen molar-refractivity contribution in [3.05, 3.63) is 59.8 Å². The van der Waals surface area contributed by atoms with E-state index in [1.807, 2.05) is 18.2 Å². The Kier molecular flexibility index (Phi) is 5.19. The van der Waals surface area contributed by atoms with Gasteiger partial charge in [-0.15, -0.1) is 0 Å². The molecule has 1 heterocycles. The van der Waals surface area contributed by atoms with Gasteiger partial charge in [0, 0.05) is 23.2 Å². The van der Waals surface area contributed by atoms with Gasteiger partial charge in [-0.3, -0.25) is 9.71 Å². The van der Waals surface area contributed by atoms with Crippen molar-refractivity contribution in [1.29, 1.82) is 0 Å². The smallest absolute Gasteiger partial charge is 0.264 e. The Labute approximate surface area is 171 Å². The van der Waals surface area contributed by atoms with Gasteiger partial charge < -0.3 is 9.64 Å². The number of benzene rings is 2. The molecule has 152 valence electrons. The van der Waals surface area contributed by atoms with E-state index in [-0.39, 0.29) is 4.90 Å². The van der Waals surface area contributed by atoms with E-state index in [1.54, 1.807) is 37.6 Å². The van der Waals surface area contributed by atoms with Gasteiger partial charge in [0.25, 0.3) is 10.0 Å². The molecule has 4 rings (SSSR count). The molecule has 0 bridgehead atoms. The fourth-order valence-corrected chi connectivity index (χ4v) is 5.32. The molecule has 0 unspecified atom stereocenters. The average molecular weight is 412 g/mol. The summed E-state index contributed by atoms with van der Waals surface area (Å²) in [6, 6.07) is 12.9. The molecule has 2 aromatic carbocycles. The van der Waals surface area contributed by atoms with E-state index in [1.165, 1.54) is 0 Å². The monoisotopic (exact) mass is 411 g/mol. The molecule has 0 aliphatic heterocycles. The first-order chi connectivity index (χ1) is 13.9. The molecule has 6 nitrogen and oxygen atoms in total. The topological polar surface area (TPSA) is 71.5 Å². The van der Waals surface area contributed by atoms with Crippen molar-refractivity contribution in [2.45, 2.75) is 30.2 Å². The summed E-state index contributed by atoms with van der Waals surface area (Å²) in [5.41, 5.74) is 3.18. The molecule has 0 radical (unpaired) electrons. The number of para-hydroxylation sites is 1. The minimum Gasteiger partial charge on any atom is -0.496 e. The second kappa shape index (κ2) is 7.65.